The van der Waals surface area contributed by atoms with Crippen molar-refractivity contribution in [1.82, 2.24) is 10.2 Å². The maximum atomic E-state index is 5.76. The molecule has 1 aromatic carbocycles. The van der Waals surface area contributed by atoms with Gasteiger partial charge in [-0.1, -0.05) is 26.0 Å². The van der Waals surface area contributed by atoms with Crippen molar-refractivity contribution in [3.8, 4) is 5.75 Å². The molecule has 124 valence electrons. The molecule has 0 aliphatic carbocycles. The summed E-state index contributed by atoms with van der Waals surface area (Å²) in [6.45, 7) is 9.85. The highest BCUT2D eigenvalue weighted by molar-refractivity contribution is 5.27. The van der Waals surface area contributed by atoms with Crippen molar-refractivity contribution in [2.24, 2.45) is 11.8 Å². The van der Waals surface area contributed by atoms with Crippen molar-refractivity contribution < 1.29 is 4.74 Å². The van der Waals surface area contributed by atoms with Crippen LogP contribution in [0.5, 0.6) is 5.75 Å². The van der Waals surface area contributed by atoms with Crippen molar-refractivity contribution in [1.29, 1.82) is 0 Å². The molecular weight excluding hydrogens is 272 g/mol. The zero-order valence-electron chi connectivity index (χ0n) is 14.5. The minimum absolute atomic E-state index is 0.697. The van der Waals surface area contributed by atoms with Crippen LogP contribution in [0.3, 0.4) is 0 Å². The molecule has 0 spiro atoms. The summed E-state index contributed by atoms with van der Waals surface area (Å²) in [4.78, 5) is 2.43. The van der Waals surface area contributed by atoms with E-state index in [1.807, 2.05) is 0 Å². The maximum Gasteiger partial charge on any atom is 0.119 e. The first-order valence-corrected chi connectivity index (χ1v) is 8.74. The van der Waals surface area contributed by atoms with E-state index in [4.69, 9.17) is 4.74 Å². The Morgan fingerprint density at radius 1 is 1.18 bits per heavy atom. The maximum absolute atomic E-state index is 5.76. The van der Waals surface area contributed by atoms with Crippen LogP contribution in [-0.2, 0) is 6.54 Å². The zero-order chi connectivity index (χ0) is 15.8. The average Bonchev–Trinajstić information content (AvgIpc) is 2.50. The molecule has 0 amide bonds. The van der Waals surface area contributed by atoms with Gasteiger partial charge in [-0.25, -0.2) is 0 Å². The van der Waals surface area contributed by atoms with Crippen LogP contribution in [0.15, 0.2) is 24.3 Å². The van der Waals surface area contributed by atoms with Gasteiger partial charge in [0.15, 0.2) is 0 Å². The number of likely N-dealkylation sites (tertiary alicyclic amines) is 1. The van der Waals surface area contributed by atoms with E-state index < -0.39 is 0 Å². The summed E-state index contributed by atoms with van der Waals surface area (Å²) >= 11 is 0. The topological polar surface area (TPSA) is 24.5 Å². The Bertz CT molecular complexity index is 408. The molecule has 0 radical (unpaired) electrons. The molecule has 1 aromatic rings. The van der Waals surface area contributed by atoms with Gasteiger partial charge in [0.25, 0.3) is 0 Å². The first-order valence-electron chi connectivity index (χ1n) is 8.74. The summed E-state index contributed by atoms with van der Waals surface area (Å²) in [7, 11) is 2.22. The molecule has 1 saturated heterocycles. The second-order valence-corrected chi connectivity index (χ2v) is 7.05. The third kappa shape index (κ3) is 6.37. The van der Waals surface area contributed by atoms with Crippen LogP contribution in [0, 0.1) is 11.8 Å². The van der Waals surface area contributed by atoms with Gasteiger partial charge < -0.3 is 15.0 Å². The fourth-order valence-electron chi connectivity index (χ4n) is 2.80. The second-order valence-electron chi connectivity index (χ2n) is 7.05. The Balaban J connectivity index is 1.63. The number of hydrogen-bond donors (Lipinski definition) is 1. The van der Waals surface area contributed by atoms with Gasteiger partial charge in [0.1, 0.15) is 5.75 Å². The van der Waals surface area contributed by atoms with Crippen LogP contribution < -0.4 is 10.1 Å². The Kier molecular flexibility index (Phi) is 7.20. The lowest BCUT2D eigenvalue weighted by Crippen LogP contribution is -2.34. The third-order valence-corrected chi connectivity index (χ3v) is 4.49. The highest BCUT2D eigenvalue weighted by Gasteiger charge is 2.15. The number of nitrogens with zero attached hydrogens (tertiary/aromatic N) is 1. The molecule has 1 fully saturated rings. The van der Waals surface area contributed by atoms with E-state index in [0.717, 1.165) is 37.8 Å². The van der Waals surface area contributed by atoms with Crippen molar-refractivity contribution in [3.05, 3.63) is 29.8 Å². The van der Waals surface area contributed by atoms with Crippen LogP contribution in [-0.4, -0.2) is 38.2 Å². The van der Waals surface area contributed by atoms with Crippen LogP contribution in [0.2, 0.25) is 0 Å². The fraction of sp³-hybridized carbons (Fsp3) is 0.684. The lowest BCUT2D eigenvalue weighted by atomic mass is 9.97. The average molecular weight is 304 g/mol. The van der Waals surface area contributed by atoms with Crippen molar-refractivity contribution in [2.75, 3.05) is 33.3 Å². The van der Waals surface area contributed by atoms with Crippen molar-refractivity contribution in [2.45, 2.75) is 39.7 Å². The third-order valence-electron chi connectivity index (χ3n) is 4.49. The molecule has 1 aliphatic heterocycles. The van der Waals surface area contributed by atoms with E-state index in [9.17, 15) is 0 Å². The van der Waals surface area contributed by atoms with Gasteiger partial charge in [-0.15, -0.1) is 0 Å². The largest absolute Gasteiger partial charge is 0.494 e. The van der Waals surface area contributed by atoms with Crippen LogP contribution in [0.25, 0.3) is 0 Å². The Hall–Kier alpha value is -1.06. The Morgan fingerprint density at radius 2 is 1.86 bits per heavy atom. The fourth-order valence-corrected chi connectivity index (χ4v) is 2.80. The van der Waals surface area contributed by atoms with Gasteiger partial charge >= 0.3 is 0 Å². The molecule has 22 heavy (non-hydrogen) atoms. The Labute approximate surface area is 136 Å². The molecule has 0 atom stereocenters. The lowest BCUT2D eigenvalue weighted by molar-refractivity contribution is 0.216. The van der Waals surface area contributed by atoms with Gasteiger partial charge in [-0.05, 0) is 75.5 Å². The molecule has 0 bridgehead atoms. The number of nitrogens with one attached hydrogen (secondary N) is 1. The molecule has 0 saturated carbocycles. The number of ether oxygens (including phenoxy) is 1. The quantitative estimate of drug-likeness (QED) is 0.795. The first kappa shape index (κ1) is 17.3. The SMILES string of the molecule is CC(C)CCOc1ccc(CNCC2CCN(C)CC2)cc1. The van der Waals surface area contributed by atoms with E-state index in [1.165, 1.54) is 31.5 Å². The standard InChI is InChI=1S/C19H32N2O/c1-16(2)10-13-22-19-6-4-17(5-7-19)14-20-15-18-8-11-21(3)12-9-18/h4-7,16,18,20H,8-15H2,1-3H3. The highest BCUT2D eigenvalue weighted by Crippen LogP contribution is 2.16. The van der Waals surface area contributed by atoms with E-state index >= 15 is 0 Å². The summed E-state index contributed by atoms with van der Waals surface area (Å²) in [6, 6.07) is 8.53. The van der Waals surface area contributed by atoms with Crippen molar-refractivity contribution in [3.63, 3.8) is 0 Å². The van der Waals surface area contributed by atoms with E-state index in [1.54, 1.807) is 0 Å². The van der Waals surface area contributed by atoms with Crippen LogP contribution >= 0.6 is 0 Å². The first-order chi connectivity index (χ1) is 10.6. The predicted molar refractivity (Wildman–Crippen MR) is 93.3 cm³/mol. The summed E-state index contributed by atoms with van der Waals surface area (Å²) in [5, 5.41) is 3.60. The number of benzene rings is 1. The molecule has 1 heterocycles. The molecule has 1 aliphatic rings. The van der Waals surface area contributed by atoms with Crippen LogP contribution in [0.1, 0.15) is 38.7 Å². The monoisotopic (exact) mass is 304 g/mol. The summed E-state index contributed by atoms with van der Waals surface area (Å²) in [5.74, 6) is 2.53. The smallest absolute Gasteiger partial charge is 0.119 e. The molecule has 2 rings (SSSR count). The lowest BCUT2D eigenvalue weighted by Gasteiger charge is -2.29. The van der Waals surface area contributed by atoms with Crippen LogP contribution in [0.4, 0.5) is 0 Å². The summed E-state index contributed by atoms with van der Waals surface area (Å²) < 4.78 is 5.76. The van der Waals surface area contributed by atoms with Gasteiger partial charge in [0, 0.05) is 6.54 Å². The van der Waals surface area contributed by atoms with Gasteiger partial charge in [-0.3, -0.25) is 0 Å². The van der Waals surface area contributed by atoms with E-state index in [-0.39, 0.29) is 0 Å². The van der Waals surface area contributed by atoms with Gasteiger partial charge in [-0.2, -0.15) is 0 Å². The minimum atomic E-state index is 0.697. The normalized spacial score (nSPS) is 17.1. The minimum Gasteiger partial charge on any atom is -0.494 e. The molecule has 3 nitrogen and oxygen atoms in total. The molecule has 1 N–H and O–H groups in total. The summed E-state index contributed by atoms with van der Waals surface area (Å²) in [5.41, 5.74) is 1.34. The number of piperidine rings is 1. The van der Waals surface area contributed by atoms with Crippen molar-refractivity contribution >= 4 is 0 Å². The van der Waals surface area contributed by atoms with Gasteiger partial charge in [0.2, 0.25) is 0 Å². The molecule has 0 aromatic heterocycles. The predicted octanol–water partition coefficient (Wildman–Crippen LogP) is 3.54. The second kappa shape index (κ2) is 9.16. The summed E-state index contributed by atoms with van der Waals surface area (Å²) in [6.07, 6.45) is 3.76. The highest BCUT2D eigenvalue weighted by atomic mass is 16.5. The molecular formula is C19H32N2O. The zero-order valence-corrected chi connectivity index (χ0v) is 14.5. The van der Waals surface area contributed by atoms with E-state index in [0.29, 0.717) is 5.92 Å². The molecule has 0 unspecified atom stereocenters. The number of hydrogen-bond acceptors (Lipinski definition) is 3. The van der Waals surface area contributed by atoms with E-state index in [2.05, 4.69) is 55.4 Å². The molecule has 3 heteroatoms. The van der Waals surface area contributed by atoms with Gasteiger partial charge in [0.05, 0.1) is 6.61 Å². The number of rotatable bonds is 8. The Morgan fingerprint density at radius 3 is 2.50 bits per heavy atom.